The smallest absolute Gasteiger partial charge is 0.306 e. The maximum Gasteiger partial charge on any atom is 0.306 e. The number of carbonyl (C=O) groups is 2. The van der Waals surface area contributed by atoms with Gasteiger partial charge in [-0.15, -0.1) is 0 Å². The third kappa shape index (κ3) is 33.6. The van der Waals surface area contributed by atoms with E-state index in [2.05, 4.69) is 26.0 Å². The monoisotopic (exact) mass is 869 g/mol. The molecule has 0 spiro atoms. The predicted molar refractivity (Wildman–Crippen MR) is 247 cm³/mol. The molecular formula is C51H96O10. The SMILES string of the molecule is CCCCCCCC/C=C\CCCCCCCCCC(=O)OC(COC(=O)CCCCCCCCCCCCCCCCCCCCC)COC1OC(CO)C(O)C(O)C1O. The highest BCUT2D eigenvalue weighted by Crippen LogP contribution is 2.23. The Hall–Kier alpha value is -1.56. The van der Waals surface area contributed by atoms with E-state index in [0.29, 0.717) is 6.42 Å². The maximum atomic E-state index is 12.8. The van der Waals surface area contributed by atoms with Crippen LogP contribution >= 0.6 is 0 Å². The van der Waals surface area contributed by atoms with Crippen LogP contribution in [0.1, 0.15) is 245 Å². The Morgan fingerprint density at radius 2 is 0.869 bits per heavy atom. The lowest BCUT2D eigenvalue weighted by atomic mass is 9.99. The van der Waals surface area contributed by atoms with Crippen molar-refractivity contribution in [3.63, 3.8) is 0 Å². The van der Waals surface area contributed by atoms with Crippen molar-refractivity contribution in [1.82, 2.24) is 0 Å². The quantitative estimate of drug-likeness (QED) is 0.0264. The van der Waals surface area contributed by atoms with Crippen LogP contribution in [0.15, 0.2) is 12.2 Å². The van der Waals surface area contributed by atoms with Gasteiger partial charge in [0.2, 0.25) is 0 Å². The second-order valence-corrected chi connectivity index (χ2v) is 18.0. The lowest BCUT2D eigenvalue weighted by molar-refractivity contribution is -0.305. The zero-order valence-electron chi connectivity index (χ0n) is 39.4. The fraction of sp³-hybridized carbons (Fsp3) is 0.922. The number of ether oxygens (including phenoxy) is 4. The Labute approximate surface area is 373 Å². The highest BCUT2D eigenvalue weighted by Gasteiger charge is 2.44. The van der Waals surface area contributed by atoms with Gasteiger partial charge in [0.15, 0.2) is 12.4 Å². The van der Waals surface area contributed by atoms with Crippen LogP contribution in [-0.4, -0.2) is 89.0 Å². The second-order valence-electron chi connectivity index (χ2n) is 18.0. The van der Waals surface area contributed by atoms with Crippen molar-refractivity contribution >= 4 is 11.9 Å². The minimum atomic E-state index is -1.59. The first-order valence-electron chi connectivity index (χ1n) is 25.8. The highest BCUT2D eigenvalue weighted by atomic mass is 16.7. The van der Waals surface area contributed by atoms with Crippen LogP contribution in [-0.2, 0) is 28.5 Å². The summed E-state index contributed by atoms with van der Waals surface area (Å²) in [6.45, 7) is 3.46. The highest BCUT2D eigenvalue weighted by molar-refractivity contribution is 5.70. The first-order valence-corrected chi connectivity index (χ1v) is 25.8. The molecule has 360 valence electrons. The van der Waals surface area contributed by atoms with E-state index in [0.717, 1.165) is 44.9 Å². The molecule has 1 aliphatic rings. The summed E-state index contributed by atoms with van der Waals surface area (Å²) in [4.78, 5) is 25.4. The van der Waals surface area contributed by atoms with Gasteiger partial charge in [0, 0.05) is 12.8 Å². The number of carbonyl (C=O) groups excluding carboxylic acids is 2. The third-order valence-electron chi connectivity index (χ3n) is 12.2. The van der Waals surface area contributed by atoms with Gasteiger partial charge < -0.3 is 39.4 Å². The standard InChI is InChI=1S/C51H96O10/c1-3-5-7-9-11-13-15-17-19-21-22-24-25-27-29-31-33-35-37-39-46(53)58-42-44(43-59-51-50(57)49(56)48(55)45(41-52)61-51)60-47(54)40-38-36-34-32-30-28-26-23-20-18-16-14-12-10-8-6-4-2/h18,20,44-45,48-52,55-57H,3-17,19,21-43H2,1-2H3/b20-18-. The van der Waals surface area contributed by atoms with Crippen molar-refractivity contribution < 1.29 is 49.0 Å². The van der Waals surface area contributed by atoms with Crippen LogP contribution in [0.3, 0.4) is 0 Å². The summed E-state index contributed by atoms with van der Waals surface area (Å²) in [5.74, 6) is -0.796. The summed E-state index contributed by atoms with van der Waals surface area (Å²) in [5.41, 5.74) is 0. The molecule has 6 atom stereocenters. The predicted octanol–water partition coefficient (Wildman–Crippen LogP) is 11.9. The van der Waals surface area contributed by atoms with Crippen molar-refractivity contribution in [3.05, 3.63) is 12.2 Å². The molecule has 0 aromatic carbocycles. The van der Waals surface area contributed by atoms with Crippen LogP contribution in [0.25, 0.3) is 0 Å². The normalized spacial score (nSPS) is 19.7. The number of aliphatic hydroxyl groups is 4. The van der Waals surface area contributed by atoms with Gasteiger partial charge in [-0.3, -0.25) is 9.59 Å². The van der Waals surface area contributed by atoms with Gasteiger partial charge in [-0.05, 0) is 38.5 Å². The summed E-state index contributed by atoms with van der Waals surface area (Å²) >= 11 is 0. The second kappa shape index (κ2) is 42.4. The fourth-order valence-electron chi connectivity index (χ4n) is 8.07. The third-order valence-corrected chi connectivity index (χ3v) is 12.2. The summed E-state index contributed by atoms with van der Waals surface area (Å²) in [7, 11) is 0. The molecule has 0 saturated carbocycles. The number of unbranched alkanes of at least 4 members (excludes halogenated alkanes) is 31. The summed E-state index contributed by atoms with van der Waals surface area (Å²) in [6.07, 6.45) is 39.3. The number of esters is 2. The molecular weight excluding hydrogens is 773 g/mol. The van der Waals surface area contributed by atoms with E-state index in [1.54, 1.807) is 0 Å². The Balaban J connectivity index is 2.25. The van der Waals surface area contributed by atoms with E-state index >= 15 is 0 Å². The molecule has 10 nitrogen and oxygen atoms in total. The van der Waals surface area contributed by atoms with E-state index in [1.165, 1.54) is 167 Å². The Kier molecular flexibility index (Phi) is 39.9. The molecule has 0 aromatic rings. The Bertz CT molecular complexity index is 1010. The lowest BCUT2D eigenvalue weighted by Gasteiger charge is -2.39. The molecule has 0 bridgehead atoms. The molecule has 4 N–H and O–H groups in total. The zero-order chi connectivity index (χ0) is 44.4. The Morgan fingerprint density at radius 1 is 0.492 bits per heavy atom. The van der Waals surface area contributed by atoms with E-state index < -0.39 is 49.4 Å². The topological polar surface area (TPSA) is 152 Å². The molecule has 0 amide bonds. The molecule has 1 aliphatic heterocycles. The van der Waals surface area contributed by atoms with Crippen molar-refractivity contribution in [2.75, 3.05) is 19.8 Å². The summed E-state index contributed by atoms with van der Waals surface area (Å²) < 4.78 is 22.2. The van der Waals surface area contributed by atoms with Gasteiger partial charge in [-0.1, -0.05) is 206 Å². The summed E-state index contributed by atoms with van der Waals surface area (Å²) in [6, 6.07) is 0. The molecule has 6 unspecified atom stereocenters. The van der Waals surface area contributed by atoms with Gasteiger partial charge in [0.05, 0.1) is 13.2 Å². The van der Waals surface area contributed by atoms with Crippen LogP contribution in [0.4, 0.5) is 0 Å². The molecule has 1 saturated heterocycles. The van der Waals surface area contributed by atoms with Gasteiger partial charge in [0.1, 0.15) is 31.0 Å². The molecule has 0 radical (unpaired) electrons. The Morgan fingerprint density at radius 3 is 1.28 bits per heavy atom. The van der Waals surface area contributed by atoms with Crippen LogP contribution in [0.2, 0.25) is 0 Å². The number of allylic oxidation sites excluding steroid dienone is 2. The van der Waals surface area contributed by atoms with Crippen molar-refractivity contribution in [2.24, 2.45) is 0 Å². The first kappa shape index (κ1) is 57.5. The molecule has 10 heteroatoms. The first-order chi connectivity index (χ1) is 29.8. The van der Waals surface area contributed by atoms with E-state index in [-0.39, 0.29) is 32.0 Å². The minimum Gasteiger partial charge on any atom is -0.462 e. The number of hydrogen-bond acceptors (Lipinski definition) is 10. The molecule has 61 heavy (non-hydrogen) atoms. The zero-order valence-corrected chi connectivity index (χ0v) is 39.4. The van der Waals surface area contributed by atoms with Crippen LogP contribution in [0, 0.1) is 0 Å². The molecule has 1 heterocycles. The van der Waals surface area contributed by atoms with Gasteiger partial charge in [0.25, 0.3) is 0 Å². The van der Waals surface area contributed by atoms with Crippen molar-refractivity contribution in [1.29, 1.82) is 0 Å². The molecule has 1 rings (SSSR count). The average Bonchev–Trinajstić information content (AvgIpc) is 3.26. The number of rotatable bonds is 44. The molecule has 1 fully saturated rings. The van der Waals surface area contributed by atoms with Crippen molar-refractivity contribution in [3.8, 4) is 0 Å². The lowest BCUT2D eigenvalue weighted by Crippen LogP contribution is -2.59. The van der Waals surface area contributed by atoms with Crippen molar-refractivity contribution in [2.45, 2.75) is 282 Å². The van der Waals surface area contributed by atoms with Gasteiger partial charge >= 0.3 is 11.9 Å². The van der Waals surface area contributed by atoms with Crippen LogP contribution < -0.4 is 0 Å². The van der Waals surface area contributed by atoms with E-state index in [4.69, 9.17) is 18.9 Å². The number of aliphatic hydroxyl groups excluding tert-OH is 4. The van der Waals surface area contributed by atoms with Gasteiger partial charge in [-0.25, -0.2) is 0 Å². The summed E-state index contributed by atoms with van der Waals surface area (Å²) in [5, 5.41) is 40.2. The molecule has 0 aliphatic carbocycles. The maximum absolute atomic E-state index is 12.8. The minimum absolute atomic E-state index is 0.213. The van der Waals surface area contributed by atoms with E-state index in [1.807, 2.05) is 0 Å². The number of hydrogen-bond donors (Lipinski definition) is 4. The molecule has 0 aromatic heterocycles. The fourth-order valence-corrected chi connectivity index (χ4v) is 8.07. The van der Waals surface area contributed by atoms with Gasteiger partial charge in [-0.2, -0.15) is 0 Å². The van der Waals surface area contributed by atoms with E-state index in [9.17, 15) is 30.0 Å². The van der Waals surface area contributed by atoms with Crippen LogP contribution in [0.5, 0.6) is 0 Å². The largest absolute Gasteiger partial charge is 0.462 e. The average molecular weight is 869 g/mol.